The van der Waals surface area contributed by atoms with Gasteiger partial charge in [0.25, 0.3) is 11.6 Å². The monoisotopic (exact) mass is 410 g/mol. The Hall–Kier alpha value is -3.76. The van der Waals surface area contributed by atoms with Gasteiger partial charge in [0.1, 0.15) is 17.2 Å². The van der Waals surface area contributed by atoms with Gasteiger partial charge in [-0.05, 0) is 19.1 Å². The zero-order chi connectivity index (χ0) is 21.7. The minimum Gasteiger partial charge on any atom is -0.493 e. The van der Waals surface area contributed by atoms with Gasteiger partial charge in [-0.3, -0.25) is 14.9 Å². The van der Waals surface area contributed by atoms with E-state index in [1.54, 1.807) is 0 Å². The van der Waals surface area contributed by atoms with Gasteiger partial charge in [0.2, 0.25) is 0 Å². The summed E-state index contributed by atoms with van der Waals surface area (Å²) in [7, 11) is 2.53. The Kier molecular flexibility index (Phi) is 6.65. The summed E-state index contributed by atoms with van der Waals surface area (Å²) < 4.78 is 41.5. The number of methoxy groups -OCH3 is 2. The highest BCUT2D eigenvalue weighted by Crippen LogP contribution is 2.35. The lowest BCUT2D eigenvalue weighted by Crippen LogP contribution is -2.30. The number of halogens is 2. The molecule has 0 unspecified atom stereocenters. The lowest BCUT2D eigenvalue weighted by atomic mass is 10.1. The van der Waals surface area contributed by atoms with Gasteiger partial charge in [0.15, 0.2) is 17.6 Å². The highest BCUT2D eigenvalue weighted by Gasteiger charge is 2.28. The number of carbonyl (C=O) groups excluding carboxylic acids is 2. The highest BCUT2D eigenvalue weighted by atomic mass is 19.1. The topological polar surface area (TPSA) is 117 Å². The average Bonchev–Trinajstić information content (AvgIpc) is 2.68. The summed E-state index contributed by atoms with van der Waals surface area (Å²) in [6.07, 6.45) is -1.44. The molecule has 1 atom stereocenters. The van der Waals surface area contributed by atoms with E-state index in [2.05, 4.69) is 5.32 Å². The van der Waals surface area contributed by atoms with Crippen LogP contribution in [0.2, 0.25) is 0 Å². The molecule has 2 rings (SSSR count). The summed E-state index contributed by atoms with van der Waals surface area (Å²) in [5.74, 6) is -3.90. The van der Waals surface area contributed by atoms with Gasteiger partial charge < -0.3 is 19.5 Å². The number of rotatable bonds is 7. The molecule has 0 radical (unpaired) electrons. The van der Waals surface area contributed by atoms with Gasteiger partial charge >= 0.3 is 5.97 Å². The maximum atomic E-state index is 13.6. The van der Waals surface area contributed by atoms with Crippen molar-refractivity contribution in [1.82, 2.24) is 0 Å². The number of esters is 1. The molecule has 0 aromatic heterocycles. The number of carbonyl (C=O) groups is 2. The van der Waals surface area contributed by atoms with E-state index in [1.807, 2.05) is 0 Å². The number of nitrogens with zero attached hydrogens (tertiary/aromatic N) is 1. The van der Waals surface area contributed by atoms with Gasteiger partial charge in [-0.15, -0.1) is 0 Å². The number of hydrogen-bond donors (Lipinski definition) is 1. The summed E-state index contributed by atoms with van der Waals surface area (Å²) in [5.41, 5.74) is -1.42. The van der Waals surface area contributed by atoms with E-state index in [-0.39, 0.29) is 17.2 Å². The molecule has 0 saturated carbocycles. The molecule has 2 aromatic rings. The second-order valence-electron chi connectivity index (χ2n) is 5.64. The molecule has 0 saturated heterocycles. The molecule has 29 heavy (non-hydrogen) atoms. The zero-order valence-corrected chi connectivity index (χ0v) is 15.5. The third-order valence-corrected chi connectivity index (χ3v) is 3.76. The molecule has 0 aliphatic heterocycles. The van der Waals surface area contributed by atoms with Crippen molar-refractivity contribution in [3.8, 4) is 11.5 Å². The summed E-state index contributed by atoms with van der Waals surface area (Å²) in [4.78, 5) is 35.0. The Labute approximate surface area is 163 Å². The molecular formula is C18H16F2N2O7. The molecule has 1 amide bonds. The standard InChI is InChI=1S/C18H16F2N2O7/c1-9(17(23)21-13-5-4-10(19)6-12(13)20)29-18(24)11-7-15(27-2)16(28-3)8-14(11)22(25)26/h4-9H,1-3H3,(H,21,23)/t9-/m1/s1. The van der Waals surface area contributed by atoms with Gasteiger partial charge in [-0.2, -0.15) is 0 Å². The number of nitrogens with one attached hydrogen (secondary N) is 1. The molecule has 2 aromatic carbocycles. The lowest BCUT2D eigenvalue weighted by molar-refractivity contribution is -0.385. The quantitative estimate of drug-likeness (QED) is 0.423. The van der Waals surface area contributed by atoms with E-state index >= 15 is 0 Å². The predicted molar refractivity (Wildman–Crippen MR) is 96.1 cm³/mol. The molecule has 0 fully saturated rings. The maximum absolute atomic E-state index is 13.6. The van der Waals surface area contributed by atoms with Crippen molar-refractivity contribution in [2.24, 2.45) is 0 Å². The summed E-state index contributed by atoms with van der Waals surface area (Å²) in [6, 6.07) is 4.52. The fraction of sp³-hybridized carbons (Fsp3) is 0.222. The van der Waals surface area contributed by atoms with Gasteiger partial charge in [0, 0.05) is 12.1 Å². The number of nitro benzene ring substituents is 1. The van der Waals surface area contributed by atoms with E-state index < -0.39 is 45.8 Å². The first-order chi connectivity index (χ1) is 13.7. The number of hydrogen-bond acceptors (Lipinski definition) is 7. The molecule has 0 heterocycles. The van der Waals surface area contributed by atoms with Gasteiger partial charge in [-0.25, -0.2) is 13.6 Å². The second-order valence-corrected chi connectivity index (χ2v) is 5.64. The molecule has 0 spiro atoms. The third-order valence-electron chi connectivity index (χ3n) is 3.76. The lowest BCUT2D eigenvalue weighted by Gasteiger charge is -2.15. The molecule has 1 N–H and O–H groups in total. The molecule has 9 nitrogen and oxygen atoms in total. The molecule has 0 aliphatic carbocycles. The number of benzene rings is 2. The summed E-state index contributed by atoms with van der Waals surface area (Å²) >= 11 is 0. The third kappa shape index (κ3) is 4.94. The number of nitro groups is 1. The van der Waals surface area contributed by atoms with Crippen LogP contribution in [0.5, 0.6) is 11.5 Å². The fourth-order valence-electron chi connectivity index (χ4n) is 2.29. The minimum atomic E-state index is -1.44. The van der Waals surface area contributed by atoms with Crippen LogP contribution in [0.25, 0.3) is 0 Å². The predicted octanol–water partition coefficient (Wildman–Crippen LogP) is 3.07. The first-order valence-electron chi connectivity index (χ1n) is 8.05. The average molecular weight is 410 g/mol. The van der Waals surface area contributed by atoms with Crippen LogP contribution in [-0.4, -0.2) is 37.1 Å². The molecular weight excluding hydrogens is 394 g/mol. The molecule has 0 bridgehead atoms. The van der Waals surface area contributed by atoms with Crippen molar-refractivity contribution < 1.29 is 37.5 Å². The smallest absolute Gasteiger partial charge is 0.346 e. The zero-order valence-electron chi connectivity index (χ0n) is 15.5. The van der Waals surface area contributed by atoms with Crippen LogP contribution >= 0.6 is 0 Å². The van der Waals surface area contributed by atoms with Crippen LogP contribution in [0.1, 0.15) is 17.3 Å². The van der Waals surface area contributed by atoms with Crippen LogP contribution in [0.3, 0.4) is 0 Å². The van der Waals surface area contributed by atoms with E-state index in [0.29, 0.717) is 6.07 Å². The van der Waals surface area contributed by atoms with Crippen molar-refractivity contribution in [1.29, 1.82) is 0 Å². The highest BCUT2D eigenvalue weighted by molar-refractivity contribution is 5.99. The fourth-order valence-corrected chi connectivity index (χ4v) is 2.29. The Morgan fingerprint density at radius 1 is 1.10 bits per heavy atom. The first-order valence-corrected chi connectivity index (χ1v) is 8.05. The Balaban J connectivity index is 2.22. The van der Waals surface area contributed by atoms with Gasteiger partial charge in [-0.1, -0.05) is 0 Å². The van der Waals surface area contributed by atoms with Crippen molar-refractivity contribution in [3.05, 3.63) is 57.6 Å². The van der Waals surface area contributed by atoms with E-state index in [4.69, 9.17) is 14.2 Å². The number of amides is 1. The van der Waals surface area contributed by atoms with Crippen LogP contribution in [0, 0.1) is 21.7 Å². The van der Waals surface area contributed by atoms with Crippen molar-refractivity contribution in [3.63, 3.8) is 0 Å². The van der Waals surface area contributed by atoms with Crippen molar-refractivity contribution in [2.45, 2.75) is 13.0 Å². The number of ether oxygens (including phenoxy) is 3. The van der Waals surface area contributed by atoms with Crippen LogP contribution < -0.4 is 14.8 Å². The second kappa shape index (κ2) is 8.95. The Morgan fingerprint density at radius 2 is 1.72 bits per heavy atom. The van der Waals surface area contributed by atoms with E-state index in [9.17, 15) is 28.5 Å². The van der Waals surface area contributed by atoms with E-state index in [1.165, 1.54) is 21.1 Å². The molecule has 154 valence electrons. The SMILES string of the molecule is COc1cc(C(=O)O[C@H](C)C(=O)Nc2ccc(F)cc2F)c([N+](=O)[O-])cc1OC. The van der Waals surface area contributed by atoms with E-state index in [0.717, 1.165) is 24.3 Å². The Morgan fingerprint density at radius 3 is 2.28 bits per heavy atom. The first kappa shape index (κ1) is 21.5. The van der Waals surface area contributed by atoms with Crippen LogP contribution in [-0.2, 0) is 9.53 Å². The molecule has 11 heteroatoms. The van der Waals surface area contributed by atoms with Crippen molar-refractivity contribution >= 4 is 23.3 Å². The summed E-state index contributed by atoms with van der Waals surface area (Å²) in [5, 5.41) is 13.4. The normalized spacial score (nSPS) is 11.3. The summed E-state index contributed by atoms with van der Waals surface area (Å²) in [6.45, 7) is 1.18. The van der Waals surface area contributed by atoms with Gasteiger partial charge in [0.05, 0.1) is 30.9 Å². The number of anilines is 1. The molecule has 0 aliphatic rings. The van der Waals surface area contributed by atoms with Crippen LogP contribution in [0.15, 0.2) is 30.3 Å². The maximum Gasteiger partial charge on any atom is 0.346 e. The minimum absolute atomic E-state index is 0.0216. The Bertz CT molecular complexity index is 965. The largest absolute Gasteiger partial charge is 0.493 e. The van der Waals surface area contributed by atoms with Crippen LogP contribution in [0.4, 0.5) is 20.2 Å². The van der Waals surface area contributed by atoms with Crippen molar-refractivity contribution in [2.75, 3.05) is 19.5 Å².